The molecule has 0 spiro atoms. The molecule has 1 aromatic heterocycles. The molecule has 0 bridgehead atoms. The van der Waals surface area contributed by atoms with Gasteiger partial charge in [0.05, 0.1) is 0 Å². The maximum Gasteiger partial charge on any atom is 0.452 e. The van der Waals surface area contributed by atoms with Gasteiger partial charge in [0, 0.05) is 17.1 Å². The van der Waals surface area contributed by atoms with Gasteiger partial charge in [0.15, 0.2) is 0 Å². The lowest BCUT2D eigenvalue weighted by molar-refractivity contribution is -0.144. The van der Waals surface area contributed by atoms with Gasteiger partial charge in [0.2, 0.25) is 0 Å². The van der Waals surface area contributed by atoms with Crippen LogP contribution in [0.15, 0.2) is 0 Å². The summed E-state index contributed by atoms with van der Waals surface area (Å²) in [5, 5.41) is -0.124. The first-order valence-electron chi connectivity index (χ1n) is 4.01. The molecular formula is C7H10F3N3OS. The Kier molecular flexibility index (Phi) is 3.19. The fraction of sp³-hybridized carbons (Fsp3) is 0.714. The molecule has 0 atom stereocenters. The van der Waals surface area contributed by atoms with E-state index in [-0.39, 0.29) is 11.8 Å². The largest absolute Gasteiger partial charge is 0.467 e. The second-order valence-electron chi connectivity index (χ2n) is 3.66. The number of aromatic nitrogens is 2. The quantitative estimate of drug-likeness (QED) is 0.874. The first-order valence-corrected chi connectivity index (χ1v) is 4.78. The summed E-state index contributed by atoms with van der Waals surface area (Å²) in [4.78, 5) is 3.19. The fourth-order valence-corrected chi connectivity index (χ4v) is 1.18. The van der Waals surface area contributed by atoms with Crippen molar-refractivity contribution in [1.29, 1.82) is 0 Å². The van der Waals surface area contributed by atoms with Crippen LogP contribution in [0.1, 0.15) is 19.7 Å². The Morgan fingerprint density at radius 1 is 1.40 bits per heavy atom. The summed E-state index contributed by atoms with van der Waals surface area (Å²) >= 11 is 0.558. The Labute approximate surface area is 88.4 Å². The molecule has 0 unspecified atom stereocenters. The second-order valence-corrected chi connectivity index (χ2v) is 4.37. The number of hydrogen-bond acceptors (Lipinski definition) is 5. The molecule has 0 radical (unpaired) electrons. The van der Waals surface area contributed by atoms with Gasteiger partial charge < -0.3 is 10.5 Å². The highest BCUT2D eigenvalue weighted by atomic mass is 32.1. The normalized spacial score (nSPS) is 12.9. The van der Waals surface area contributed by atoms with E-state index >= 15 is 0 Å². The molecule has 0 saturated heterocycles. The molecule has 0 aromatic carbocycles. The number of halogens is 3. The van der Waals surface area contributed by atoms with Crippen LogP contribution in [0.25, 0.3) is 0 Å². The van der Waals surface area contributed by atoms with Crippen LogP contribution in [0.4, 0.5) is 13.2 Å². The average Bonchev–Trinajstić information content (AvgIpc) is 2.45. The fourth-order valence-electron chi connectivity index (χ4n) is 0.631. The molecule has 0 aliphatic carbocycles. The van der Waals surface area contributed by atoms with Gasteiger partial charge >= 0.3 is 6.18 Å². The molecule has 15 heavy (non-hydrogen) atoms. The molecule has 1 aromatic rings. The van der Waals surface area contributed by atoms with Crippen molar-refractivity contribution in [2.24, 2.45) is 5.73 Å². The Morgan fingerprint density at radius 3 is 2.40 bits per heavy atom. The highest BCUT2D eigenvalue weighted by Crippen LogP contribution is 2.29. The minimum atomic E-state index is -4.53. The van der Waals surface area contributed by atoms with Crippen LogP contribution in [0.3, 0.4) is 0 Å². The maximum atomic E-state index is 12.1. The summed E-state index contributed by atoms with van der Waals surface area (Å²) < 4.78 is 44.3. The molecule has 0 saturated carbocycles. The molecule has 8 heteroatoms. The lowest BCUT2D eigenvalue weighted by Gasteiger charge is -2.16. The molecule has 4 nitrogen and oxygen atoms in total. The van der Waals surface area contributed by atoms with Gasteiger partial charge in [-0.15, -0.1) is 0 Å². The number of hydrogen-bond donors (Lipinski definition) is 1. The predicted molar refractivity (Wildman–Crippen MR) is 48.7 cm³/mol. The van der Waals surface area contributed by atoms with Crippen molar-refractivity contribution < 1.29 is 17.9 Å². The molecule has 0 aliphatic heterocycles. The van der Waals surface area contributed by atoms with Gasteiger partial charge in [-0.05, 0) is 13.8 Å². The molecule has 86 valence electrons. The Balaban J connectivity index is 2.62. The molecule has 1 heterocycles. The van der Waals surface area contributed by atoms with Gasteiger partial charge in [-0.1, -0.05) is 0 Å². The monoisotopic (exact) mass is 241 g/mol. The highest BCUT2D eigenvalue weighted by molar-refractivity contribution is 7.07. The van der Waals surface area contributed by atoms with E-state index in [0.717, 1.165) is 0 Å². The third-order valence-corrected chi connectivity index (χ3v) is 1.86. The zero-order valence-electron chi connectivity index (χ0n) is 8.13. The van der Waals surface area contributed by atoms with Crippen LogP contribution in [-0.4, -0.2) is 21.5 Å². The zero-order chi connectivity index (χ0) is 11.7. The van der Waals surface area contributed by atoms with Crippen molar-refractivity contribution in [2.45, 2.75) is 25.6 Å². The maximum absolute atomic E-state index is 12.1. The minimum Gasteiger partial charge on any atom is -0.467 e. The van der Waals surface area contributed by atoms with E-state index in [9.17, 15) is 13.2 Å². The molecule has 2 N–H and O–H groups in total. The van der Waals surface area contributed by atoms with E-state index in [1.54, 1.807) is 13.8 Å². The van der Waals surface area contributed by atoms with Crippen molar-refractivity contribution in [3.05, 3.63) is 5.82 Å². The van der Waals surface area contributed by atoms with Gasteiger partial charge in [0.1, 0.15) is 6.61 Å². The highest BCUT2D eigenvalue weighted by Gasteiger charge is 2.36. The topological polar surface area (TPSA) is 61.0 Å². The van der Waals surface area contributed by atoms with Crippen molar-refractivity contribution >= 4 is 11.5 Å². The number of ether oxygens (including phenoxy) is 1. The molecule has 0 aliphatic rings. The van der Waals surface area contributed by atoms with E-state index in [4.69, 9.17) is 10.5 Å². The van der Waals surface area contributed by atoms with Crippen molar-refractivity contribution in [3.63, 3.8) is 0 Å². The van der Waals surface area contributed by atoms with Crippen molar-refractivity contribution in [2.75, 3.05) is 6.61 Å². The van der Waals surface area contributed by atoms with Crippen LogP contribution in [-0.2, 0) is 6.18 Å². The van der Waals surface area contributed by atoms with Crippen LogP contribution < -0.4 is 10.5 Å². The summed E-state index contributed by atoms with van der Waals surface area (Å²) in [6.07, 6.45) is -4.53. The summed E-state index contributed by atoms with van der Waals surface area (Å²) in [5.74, 6) is -1.18. The van der Waals surface area contributed by atoms with E-state index < -0.39 is 17.5 Å². The smallest absolute Gasteiger partial charge is 0.452 e. The summed E-state index contributed by atoms with van der Waals surface area (Å²) in [6, 6.07) is 0. The minimum absolute atomic E-state index is 0.0828. The van der Waals surface area contributed by atoms with Crippen molar-refractivity contribution in [3.8, 4) is 5.19 Å². The molecule has 1 rings (SSSR count). The number of nitrogens with two attached hydrogens (primary N) is 1. The first kappa shape index (κ1) is 12.2. The summed E-state index contributed by atoms with van der Waals surface area (Å²) in [5.41, 5.74) is 4.96. The van der Waals surface area contributed by atoms with Gasteiger partial charge in [0.25, 0.3) is 11.0 Å². The Hall–Kier alpha value is -0.890. The molecule has 0 amide bonds. The average molecular weight is 241 g/mol. The standard InChI is InChI=1S/C7H10F3N3OS/c1-6(2,11)3-14-5-12-4(13-15-5)7(8,9)10/h3,11H2,1-2H3. The lowest BCUT2D eigenvalue weighted by atomic mass is 10.1. The Bertz CT molecular complexity index is 331. The molecular weight excluding hydrogens is 231 g/mol. The SMILES string of the molecule is CC(C)(N)COc1nc(C(F)(F)F)ns1. The number of rotatable bonds is 3. The Morgan fingerprint density at radius 2 is 2.00 bits per heavy atom. The van der Waals surface area contributed by atoms with Crippen LogP contribution in [0.5, 0.6) is 5.19 Å². The van der Waals surface area contributed by atoms with Crippen molar-refractivity contribution in [1.82, 2.24) is 9.36 Å². The van der Waals surface area contributed by atoms with Gasteiger partial charge in [-0.25, -0.2) is 0 Å². The van der Waals surface area contributed by atoms with E-state index in [1.807, 2.05) is 0 Å². The number of nitrogens with zero attached hydrogens (tertiary/aromatic N) is 2. The third kappa shape index (κ3) is 4.00. The van der Waals surface area contributed by atoms with Crippen LogP contribution in [0, 0.1) is 0 Å². The van der Waals surface area contributed by atoms with E-state index in [0.29, 0.717) is 11.5 Å². The van der Waals surface area contributed by atoms with E-state index in [2.05, 4.69) is 9.36 Å². The third-order valence-electron chi connectivity index (χ3n) is 1.23. The van der Waals surface area contributed by atoms with Gasteiger partial charge in [-0.2, -0.15) is 22.5 Å². The summed E-state index contributed by atoms with van der Waals surface area (Å²) in [6.45, 7) is 3.47. The molecule has 0 fully saturated rings. The summed E-state index contributed by atoms with van der Waals surface area (Å²) in [7, 11) is 0. The predicted octanol–water partition coefficient (Wildman–Crippen LogP) is 1.67. The van der Waals surface area contributed by atoms with Gasteiger partial charge in [-0.3, -0.25) is 0 Å². The van der Waals surface area contributed by atoms with E-state index in [1.165, 1.54) is 0 Å². The van der Waals surface area contributed by atoms with Crippen LogP contribution >= 0.6 is 11.5 Å². The first-order chi connectivity index (χ1) is 6.68. The van der Waals surface area contributed by atoms with Crippen LogP contribution in [0.2, 0.25) is 0 Å². The number of alkyl halides is 3. The lowest BCUT2D eigenvalue weighted by Crippen LogP contribution is -2.38. The second kappa shape index (κ2) is 3.93. The zero-order valence-corrected chi connectivity index (χ0v) is 8.95.